The van der Waals surface area contributed by atoms with Crippen molar-refractivity contribution in [3.8, 4) is 0 Å². The molecule has 2 heteroatoms. The minimum atomic E-state index is 0.611. The third kappa shape index (κ3) is 3.54. The van der Waals surface area contributed by atoms with Crippen LogP contribution in [-0.2, 0) is 4.74 Å². The summed E-state index contributed by atoms with van der Waals surface area (Å²) in [6.07, 6.45) is 6.63. The maximum Gasteiger partial charge on any atom is 0.0648 e. The quantitative estimate of drug-likeness (QED) is 0.488. The van der Waals surface area contributed by atoms with Crippen LogP contribution in [0, 0.1) is 0 Å². The third-order valence-electron chi connectivity index (χ3n) is 1.93. The van der Waals surface area contributed by atoms with Crippen LogP contribution in [0.4, 0.5) is 0 Å². The molecule has 2 nitrogen and oxygen atoms in total. The van der Waals surface area contributed by atoms with E-state index in [2.05, 4.69) is 5.32 Å². The van der Waals surface area contributed by atoms with Crippen LogP contribution in [0.25, 0.3) is 0 Å². The van der Waals surface area contributed by atoms with Gasteiger partial charge in [-0.15, -0.1) is 0 Å². The van der Waals surface area contributed by atoms with Gasteiger partial charge in [0.05, 0.1) is 13.2 Å². The zero-order chi connectivity index (χ0) is 7.94. The van der Waals surface area contributed by atoms with Gasteiger partial charge >= 0.3 is 0 Å². The van der Waals surface area contributed by atoms with Crippen molar-refractivity contribution >= 4 is 0 Å². The van der Waals surface area contributed by atoms with E-state index in [1.54, 1.807) is 0 Å². The van der Waals surface area contributed by atoms with Crippen LogP contribution in [-0.4, -0.2) is 25.8 Å². The normalized spacial score (nSPS) is 25.0. The third-order valence-corrected chi connectivity index (χ3v) is 1.93. The van der Waals surface area contributed by atoms with Gasteiger partial charge in [0.1, 0.15) is 0 Å². The van der Waals surface area contributed by atoms with Gasteiger partial charge in [0, 0.05) is 6.04 Å². The van der Waals surface area contributed by atoms with E-state index in [0.717, 1.165) is 19.8 Å². The van der Waals surface area contributed by atoms with Crippen LogP contribution < -0.4 is 5.32 Å². The smallest absolute Gasteiger partial charge is 0.0648 e. The largest absolute Gasteiger partial charge is 0.376 e. The molecule has 1 heterocycles. The van der Waals surface area contributed by atoms with E-state index in [0.29, 0.717) is 6.04 Å². The average Bonchev–Trinajstić information content (AvgIpc) is 2.50. The number of rotatable bonds is 4. The molecule has 1 aliphatic rings. The van der Waals surface area contributed by atoms with Crippen molar-refractivity contribution in [1.82, 2.24) is 5.32 Å². The van der Waals surface area contributed by atoms with E-state index in [9.17, 15) is 0 Å². The lowest BCUT2D eigenvalue weighted by atomic mass is 10.2. The summed E-state index contributed by atoms with van der Waals surface area (Å²) in [7, 11) is 0. The number of hydrogen-bond donors (Lipinski definition) is 1. The Morgan fingerprint density at radius 2 is 2.55 bits per heavy atom. The van der Waals surface area contributed by atoms with Gasteiger partial charge in [-0.1, -0.05) is 12.2 Å². The van der Waals surface area contributed by atoms with Crippen molar-refractivity contribution in [1.29, 1.82) is 0 Å². The molecule has 1 aliphatic heterocycles. The van der Waals surface area contributed by atoms with Crippen molar-refractivity contribution < 1.29 is 4.74 Å². The van der Waals surface area contributed by atoms with Crippen LogP contribution >= 0.6 is 0 Å². The summed E-state index contributed by atoms with van der Waals surface area (Å²) in [6, 6.07) is 0.611. The Balaban J connectivity index is 1.93. The molecule has 0 aliphatic carbocycles. The fourth-order valence-electron chi connectivity index (χ4n) is 1.27. The fraction of sp³-hybridized carbons (Fsp3) is 0.778. The molecule has 0 amide bonds. The van der Waals surface area contributed by atoms with E-state index in [1.165, 1.54) is 12.8 Å². The molecule has 1 atom stereocenters. The van der Waals surface area contributed by atoms with Crippen molar-refractivity contribution in [3.05, 3.63) is 12.2 Å². The van der Waals surface area contributed by atoms with E-state index in [-0.39, 0.29) is 0 Å². The molecule has 1 unspecified atom stereocenters. The molecule has 1 saturated heterocycles. The monoisotopic (exact) mass is 155 g/mol. The summed E-state index contributed by atoms with van der Waals surface area (Å²) in [5, 5.41) is 3.38. The predicted molar refractivity (Wildman–Crippen MR) is 46.7 cm³/mol. The highest BCUT2D eigenvalue weighted by atomic mass is 16.5. The fourth-order valence-corrected chi connectivity index (χ4v) is 1.27. The highest BCUT2D eigenvalue weighted by Crippen LogP contribution is 2.04. The SMILES string of the molecule is CC=CCOCC1CCCN1. The maximum atomic E-state index is 5.41. The minimum absolute atomic E-state index is 0.611. The first-order valence-electron chi connectivity index (χ1n) is 4.36. The van der Waals surface area contributed by atoms with E-state index in [4.69, 9.17) is 4.74 Å². The van der Waals surface area contributed by atoms with Gasteiger partial charge in [-0.3, -0.25) is 0 Å². The van der Waals surface area contributed by atoms with Crippen LogP contribution in [0.2, 0.25) is 0 Å². The highest BCUT2D eigenvalue weighted by molar-refractivity contribution is 4.78. The van der Waals surface area contributed by atoms with Crippen molar-refractivity contribution in [2.75, 3.05) is 19.8 Å². The Morgan fingerprint density at radius 1 is 1.64 bits per heavy atom. The molecule has 1 rings (SSSR count). The average molecular weight is 155 g/mol. The van der Waals surface area contributed by atoms with Gasteiger partial charge in [0.2, 0.25) is 0 Å². The second-order valence-corrected chi connectivity index (χ2v) is 2.90. The Bertz CT molecular complexity index is 117. The summed E-state index contributed by atoms with van der Waals surface area (Å²) in [6.45, 7) is 4.80. The Labute approximate surface area is 68.6 Å². The molecule has 64 valence electrons. The van der Waals surface area contributed by atoms with Crippen LogP contribution in [0.1, 0.15) is 19.8 Å². The minimum Gasteiger partial charge on any atom is -0.376 e. The topological polar surface area (TPSA) is 21.3 Å². The van der Waals surface area contributed by atoms with Gasteiger partial charge in [-0.2, -0.15) is 0 Å². The standard InChI is InChI=1S/C9H17NO/c1-2-3-7-11-8-9-5-4-6-10-9/h2-3,9-10H,4-8H2,1H3. The molecule has 0 spiro atoms. The Kier molecular flexibility index (Phi) is 4.24. The Morgan fingerprint density at radius 3 is 3.18 bits per heavy atom. The van der Waals surface area contributed by atoms with Crippen LogP contribution in [0.5, 0.6) is 0 Å². The molecular weight excluding hydrogens is 138 g/mol. The number of hydrogen-bond acceptors (Lipinski definition) is 2. The molecule has 0 aromatic carbocycles. The van der Waals surface area contributed by atoms with Gasteiger partial charge < -0.3 is 10.1 Å². The van der Waals surface area contributed by atoms with Gasteiger partial charge in [-0.05, 0) is 26.3 Å². The molecule has 0 saturated carbocycles. The lowest BCUT2D eigenvalue weighted by Gasteiger charge is -2.08. The van der Waals surface area contributed by atoms with E-state index >= 15 is 0 Å². The molecule has 11 heavy (non-hydrogen) atoms. The molecule has 0 radical (unpaired) electrons. The summed E-state index contributed by atoms with van der Waals surface area (Å²) in [5.74, 6) is 0. The number of nitrogens with one attached hydrogen (secondary N) is 1. The molecule has 1 fully saturated rings. The second-order valence-electron chi connectivity index (χ2n) is 2.90. The zero-order valence-electron chi connectivity index (χ0n) is 7.18. The lowest BCUT2D eigenvalue weighted by Crippen LogP contribution is -2.26. The van der Waals surface area contributed by atoms with E-state index in [1.807, 2.05) is 19.1 Å². The summed E-state index contributed by atoms with van der Waals surface area (Å²) in [4.78, 5) is 0. The summed E-state index contributed by atoms with van der Waals surface area (Å²) >= 11 is 0. The van der Waals surface area contributed by atoms with Crippen LogP contribution in [0.3, 0.4) is 0 Å². The van der Waals surface area contributed by atoms with E-state index < -0.39 is 0 Å². The zero-order valence-corrected chi connectivity index (χ0v) is 7.18. The molecule has 0 aromatic rings. The lowest BCUT2D eigenvalue weighted by molar-refractivity contribution is 0.141. The van der Waals surface area contributed by atoms with Gasteiger partial charge in [0.15, 0.2) is 0 Å². The molecule has 0 aromatic heterocycles. The molecular formula is C9H17NO. The molecule has 1 N–H and O–H groups in total. The van der Waals surface area contributed by atoms with Crippen molar-refractivity contribution in [2.24, 2.45) is 0 Å². The first-order chi connectivity index (χ1) is 5.43. The molecule has 0 bridgehead atoms. The first-order valence-corrected chi connectivity index (χ1v) is 4.36. The van der Waals surface area contributed by atoms with Crippen molar-refractivity contribution in [2.45, 2.75) is 25.8 Å². The second kappa shape index (κ2) is 5.33. The highest BCUT2D eigenvalue weighted by Gasteiger charge is 2.12. The first kappa shape index (κ1) is 8.75. The van der Waals surface area contributed by atoms with Gasteiger partial charge in [0.25, 0.3) is 0 Å². The number of ether oxygens (including phenoxy) is 1. The predicted octanol–water partition coefficient (Wildman–Crippen LogP) is 1.33. The summed E-state index contributed by atoms with van der Waals surface area (Å²) < 4.78 is 5.41. The Hall–Kier alpha value is -0.340. The van der Waals surface area contributed by atoms with Gasteiger partial charge in [-0.25, -0.2) is 0 Å². The van der Waals surface area contributed by atoms with Crippen LogP contribution in [0.15, 0.2) is 12.2 Å². The number of allylic oxidation sites excluding steroid dienone is 1. The maximum absolute atomic E-state index is 5.41. The van der Waals surface area contributed by atoms with Crippen molar-refractivity contribution in [3.63, 3.8) is 0 Å². The summed E-state index contributed by atoms with van der Waals surface area (Å²) in [5.41, 5.74) is 0.